The van der Waals surface area contributed by atoms with Crippen LogP contribution in [0.2, 0.25) is 0 Å². The molecule has 0 bridgehead atoms. The van der Waals surface area contributed by atoms with Crippen molar-refractivity contribution in [3.63, 3.8) is 0 Å². The lowest BCUT2D eigenvalue weighted by molar-refractivity contribution is 0.234. The summed E-state index contributed by atoms with van der Waals surface area (Å²) in [7, 11) is 0. The predicted molar refractivity (Wildman–Crippen MR) is 102 cm³/mol. The molecule has 5 heteroatoms. The molecule has 25 heavy (non-hydrogen) atoms. The number of nitrogens with zero attached hydrogens (tertiary/aromatic N) is 3. The quantitative estimate of drug-likeness (QED) is 0.849. The molecule has 2 aliphatic rings. The second-order valence-corrected chi connectivity index (χ2v) is 7.47. The summed E-state index contributed by atoms with van der Waals surface area (Å²) in [5.41, 5.74) is 2.77. The summed E-state index contributed by atoms with van der Waals surface area (Å²) >= 11 is 0. The van der Waals surface area contributed by atoms with Crippen LogP contribution in [0.15, 0.2) is 36.5 Å². The van der Waals surface area contributed by atoms with Gasteiger partial charge in [-0.15, -0.1) is 0 Å². The van der Waals surface area contributed by atoms with Gasteiger partial charge in [-0.2, -0.15) is 5.10 Å². The molecule has 3 heterocycles. The normalized spacial score (nSPS) is 21.7. The first-order valence-electron chi connectivity index (χ1n) is 9.56. The fourth-order valence-electron chi connectivity index (χ4n) is 4.05. The van der Waals surface area contributed by atoms with E-state index in [9.17, 15) is 0 Å². The molecule has 0 spiro atoms. The summed E-state index contributed by atoms with van der Waals surface area (Å²) in [5.74, 6) is 1.73. The molecular weight excluding hydrogens is 310 g/mol. The Morgan fingerprint density at radius 1 is 1.20 bits per heavy atom. The lowest BCUT2D eigenvalue weighted by Crippen LogP contribution is -2.39. The Morgan fingerprint density at radius 3 is 2.80 bits per heavy atom. The summed E-state index contributed by atoms with van der Waals surface area (Å²) in [6, 6.07) is 11.6. The Balaban J connectivity index is 1.35. The largest absolute Gasteiger partial charge is 0.370 e. The monoisotopic (exact) mass is 339 g/mol. The van der Waals surface area contributed by atoms with E-state index in [1.54, 1.807) is 0 Å². The smallest absolute Gasteiger partial charge is 0.124 e. The van der Waals surface area contributed by atoms with Crippen LogP contribution < -0.4 is 10.6 Å². The number of rotatable bonds is 6. The summed E-state index contributed by atoms with van der Waals surface area (Å²) in [6.07, 6.45) is 4.53. The summed E-state index contributed by atoms with van der Waals surface area (Å²) in [6.45, 7) is 8.68. The van der Waals surface area contributed by atoms with Crippen molar-refractivity contribution >= 4 is 5.82 Å². The molecule has 5 nitrogen and oxygen atoms in total. The van der Waals surface area contributed by atoms with Crippen LogP contribution in [0.4, 0.5) is 5.82 Å². The van der Waals surface area contributed by atoms with Gasteiger partial charge in [-0.1, -0.05) is 29.8 Å². The molecule has 0 amide bonds. The van der Waals surface area contributed by atoms with E-state index in [0.717, 1.165) is 32.0 Å². The molecule has 0 radical (unpaired) electrons. The number of aromatic nitrogens is 2. The Kier molecular flexibility index (Phi) is 5.04. The van der Waals surface area contributed by atoms with E-state index < -0.39 is 0 Å². The third-order valence-electron chi connectivity index (χ3n) is 5.53. The number of aryl methyl sites for hydroxylation is 1. The van der Waals surface area contributed by atoms with Crippen molar-refractivity contribution in [1.82, 2.24) is 20.0 Å². The molecule has 1 fully saturated rings. The van der Waals surface area contributed by atoms with Gasteiger partial charge in [0, 0.05) is 44.2 Å². The molecule has 134 valence electrons. The Morgan fingerprint density at radius 2 is 2.00 bits per heavy atom. The molecule has 0 aliphatic carbocycles. The summed E-state index contributed by atoms with van der Waals surface area (Å²) < 4.78 is 2.08. The van der Waals surface area contributed by atoms with Crippen molar-refractivity contribution in [2.45, 2.75) is 32.4 Å². The lowest BCUT2D eigenvalue weighted by atomic mass is 10.0. The minimum atomic E-state index is 0.486. The van der Waals surface area contributed by atoms with Gasteiger partial charge in [0.25, 0.3) is 0 Å². The molecule has 4 rings (SSSR count). The van der Waals surface area contributed by atoms with Crippen LogP contribution >= 0.6 is 0 Å². The van der Waals surface area contributed by atoms with Crippen molar-refractivity contribution in [1.29, 1.82) is 0 Å². The van der Waals surface area contributed by atoms with Gasteiger partial charge < -0.3 is 10.6 Å². The SMILES string of the molecule is Cc1ccc([C@@H](CNC[C@@H]2CNc3ccnn3C2)N2CCCC2)cc1. The summed E-state index contributed by atoms with van der Waals surface area (Å²) in [5, 5.41) is 11.6. The van der Waals surface area contributed by atoms with Gasteiger partial charge in [0.2, 0.25) is 0 Å². The molecular formula is C20H29N5. The van der Waals surface area contributed by atoms with E-state index in [1.165, 1.54) is 37.1 Å². The lowest BCUT2D eigenvalue weighted by Gasteiger charge is -2.30. The third-order valence-corrected chi connectivity index (χ3v) is 5.53. The molecule has 2 N–H and O–H groups in total. The first kappa shape index (κ1) is 16.6. The first-order chi connectivity index (χ1) is 12.3. The molecule has 2 aromatic rings. The maximum atomic E-state index is 4.39. The fraction of sp³-hybridized carbons (Fsp3) is 0.550. The van der Waals surface area contributed by atoms with Gasteiger partial charge in [-0.3, -0.25) is 4.90 Å². The van der Waals surface area contributed by atoms with Crippen LogP contribution in [0, 0.1) is 12.8 Å². The van der Waals surface area contributed by atoms with Crippen LogP contribution in [0.3, 0.4) is 0 Å². The topological polar surface area (TPSA) is 45.1 Å². The standard InChI is InChI=1S/C20H29N5/c1-16-4-6-18(7-5-16)19(24-10-2-3-11-24)14-21-12-17-13-22-20-8-9-23-25(20)15-17/h4-9,17,19,21-22H,2-3,10-15H2,1H3/t17-,19-/m1/s1. The first-order valence-corrected chi connectivity index (χ1v) is 9.56. The molecule has 0 unspecified atom stereocenters. The number of hydrogen-bond donors (Lipinski definition) is 2. The van der Waals surface area contributed by atoms with E-state index in [1.807, 2.05) is 12.3 Å². The molecule has 1 aromatic carbocycles. The maximum absolute atomic E-state index is 4.39. The Labute approximate surface area is 150 Å². The second-order valence-electron chi connectivity index (χ2n) is 7.47. The fourth-order valence-corrected chi connectivity index (χ4v) is 4.05. The number of anilines is 1. The zero-order chi connectivity index (χ0) is 17.1. The van der Waals surface area contributed by atoms with Gasteiger partial charge >= 0.3 is 0 Å². The van der Waals surface area contributed by atoms with Gasteiger partial charge in [-0.25, -0.2) is 4.68 Å². The minimum Gasteiger partial charge on any atom is -0.370 e. The van der Waals surface area contributed by atoms with E-state index in [2.05, 4.69) is 56.5 Å². The van der Waals surface area contributed by atoms with Crippen molar-refractivity contribution in [2.24, 2.45) is 5.92 Å². The zero-order valence-electron chi connectivity index (χ0n) is 15.1. The highest BCUT2D eigenvalue weighted by molar-refractivity contribution is 5.35. The Hall–Kier alpha value is -1.85. The van der Waals surface area contributed by atoms with Gasteiger partial charge in [0.05, 0.1) is 6.20 Å². The van der Waals surface area contributed by atoms with Crippen molar-refractivity contribution in [3.05, 3.63) is 47.7 Å². The number of likely N-dealkylation sites (tertiary alicyclic amines) is 1. The van der Waals surface area contributed by atoms with E-state index in [0.29, 0.717) is 12.0 Å². The second kappa shape index (κ2) is 7.58. The molecule has 1 saturated heterocycles. The molecule has 2 aliphatic heterocycles. The highest BCUT2D eigenvalue weighted by atomic mass is 15.3. The van der Waals surface area contributed by atoms with E-state index in [-0.39, 0.29) is 0 Å². The zero-order valence-corrected chi connectivity index (χ0v) is 15.1. The maximum Gasteiger partial charge on any atom is 0.124 e. The predicted octanol–water partition coefficient (Wildman–Crippen LogP) is 2.66. The Bertz CT molecular complexity index is 672. The van der Waals surface area contributed by atoms with Gasteiger partial charge in [0.15, 0.2) is 0 Å². The molecule has 0 saturated carbocycles. The van der Waals surface area contributed by atoms with Crippen LogP contribution in [0.5, 0.6) is 0 Å². The van der Waals surface area contributed by atoms with Crippen LogP contribution in [0.25, 0.3) is 0 Å². The van der Waals surface area contributed by atoms with Crippen LogP contribution in [-0.2, 0) is 6.54 Å². The number of benzene rings is 1. The van der Waals surface area contributed by atoms with Crippen molar-refractivity contribution in [2.75, 3.05) is 38.0 Å². The minimum absolute atomic E-state index is 0.486. The third kappa shape index (κ3) is 3.88. The number of fused-ring (bicyclic) bond motifs is 1. The van der Waals surface area contributed by atoms with E-state index in [4.69, 9.17) is 0 Å². The molecule has 2 atom stereocenters. The van der Waals surface area contributed by atoms with Gasteiger partial charge in [0.1, 0.15) is 5.82 Å². The highest BCUT2D eigenvalue weighted by Gasteiger charge is 2.24. The average Bonchev–Trinajstić information content (AvgIpc) is 3.31. The van der Waals surface area contributed by atoms with E-state index >= 15 is 0 Å². The van der Waals surface area contributed by atoms with Crippen molar-refractivity contribution < 1.29 is 0 Å². The highest BCUT2D eigenvalue weighted by Crippen LogP contribution is 2.25. The van der Waals surface area contributed by atoms with Crippen LogP contribution in [0.1, 0.15) is 30.0 Å². The average molecular weight is 339 g/mol. The van der Waals surface area contributed by atoms with Crippen molar-refractivity contribution in [3.8, 4) is 0 Å². The summed E-state index contributed by atoms with van der Waals surface area (Å²) in [4.78, 5) is 2.64. The molecule has 1 aromatic heterocycles. The van der Waals surface area contributed by atoms with Gasteiger partial charge in [-0.05, 0) is 38.4 Å². The number of hydrogen-bond acceptors (Lipinski definition) is 4. The number of nitrogens with one attached hydrogen (secondary N) is 2. The van der Waals surface area contributed by atoms with Crippen LogP contribution in [-0.4, -0.2) is 47.4 Å².